The first-order valence-electron chi connectivity index (χ1n) is 7.79. The number of ether oxygens (including phenoxy) is 1. The van der Waals surface area contributed by atoms with Crippen LogP contribution in [0.1, 0.15) is 5.56 Å². The van der Waals surface area contributed by atoms with E-state index in [2.05, 4.69) is 25.9 Å². The monoisotopic (exact) mass is 436 g/mol. The van der Waals surface area contributed by atoms with Gasteiger partial charge in [-0.15, -0.1) is 0 Å². The highest BCUT2D eigenvalue weighted by Crippen LogP contribution is 2.49. The van der Waals surface area contributed by atoms with Gasteiger partial charge in [0, 0.05) is 24.3 Å². The van der Waals surface area contributed by atoms with Crippen molar-refractivity contribution < 1.29 is 18.3 Å². The van der Waals surface area contributed by atoms with Gasteiger partial charge in [0.15, 0.2) is 5.82 Å². The van der Waals surface area contributed by atoms with E-state index in [4.69, 9.17) is 13.8 Å². The minimum absolute atomic E-state index is 0.205. The summed E-state index contributed by atoms with van der Waals surface area (Å²) in [6.07, 6.45) is 0.205. The SMILES string of the molecule is COc1nc(-c2ccc(CP(=O)(OC)OC)cc2)nc2ccc(Br)cc12. The lowest BCUT2D eigenvalue weighted by atomic mass is 10.1. The average molecular weight is 437 g/mol. The highest BCUT2D eigenvalue weighted by molar-refractivity contribution is 9.10. The van der Waals surface area contributed by atoms with Gasteiger partial charge < -0.3 is 13.8 Å². The molecular weight excluding hydrogens is 419 g/mol. The Bertz CT molecular complexity index is 971. The first kappa shape index (κ1) is 19.0. The number of hydrogen-bond acceptors (Lipinski definition) is 6. The molecule has 1 heterocycles. The number of nitrogens with zero attached hydrogens (tertiary/aromatic N) is 2. The van der Waals surface area contributed by atoms with Crippen molar-refractivity contribution in [3.8, 4) is 17.3 Å². The van der Waals surface area contributed by atoms with E-state index < -0.39 is 7.60 Å². The molecule has 0 atom stereocenters. The Labute approximate surface area is 160 Å². The van der Waals surface area contributed by atoms with Crippen molar-refractivity contribution in [2.24, 2.45) is 0 Å². The lowest BCUT2D eigenvalue weighted by molar-refractivity contribution is 0.275. The molecule has 136 valence electrons. The molecule has 6 nitrogen and oxygen atoms in total. The molecule has 0 saturated carbocycles. The highest BCUT2D eigenvalue weighted by Gasteiger charge is 2.21. The van der Waals surface area contributed by atoms with E-state index in [0.717, 1.165) is 26.5 Å². The van der Waals surface area contributed by atoms with Gasteiger partial charge in [0.25, 0.3) is 0 Å². The van der Waals surface area contributed by atoms with Gasteiger partial charge in [0.05, 0.1) is 24.2 Å². The topological polar surface area (TPSA) is 70.5 Å². The number of benzene rings is 2. The zero-order chi connectivity index (χ0) is 18.7. The van der Waals surface area contributed by atoms with Crippen LogP contribution in [0.25, 0.3) is 22.3 Å². The first-order chi connectivity index (χ1) is 12.5. The molecule has 0 unspecified atom stereocenters. The second-order valence-corrected chi connectivity index (χ2v) is 8.73. The quantitative estimate of drug-likeness (QED) is 0.503. The summed E-state index contributed by atoms with van der Waals surface area (Å²) in [5.74, 6) is 1.07. The molecule has 0 fully saturated rings. The van der Waals surface area contributed by atoms with Gasteiger partial charge in [-0.1, -0.05) is 40.2 Å². The Morgan fingerprint density at radius 2 is 1.69 bits per heavy atom. The van der Waals surface area contributed by atoms with E-state index in [0.29, 0.717) is 11.7 Å². The van der Waals surface area contributed by atoms with Gasteiger partial charge in [-0.2, -0.15) is 4.98 Å². The standard InChI is InChI=1S/C18H18BrN2O4P/c1-23-18-15-10-14(19)8-9-16(15)20-17(21-18)13-6-4-12(5-7-13)11-26(22,24-2)25-3/h4-10H,11H2,1-3H3. The van der Waals surface area contributed by atoms with E-state index in [-0.39, 0.29) is 6.16 Å². The zero-order valence-corrected chi connectivity index (χ0v) is 17.1. The summed E-state index contributed by atoms with van der Waals surface area (Å²) in [5.41, 5.74) is 2.47. The van der Waals surface area contributed by atoms with Crippen LogP contribution in [-0.2, 0) is 19.8 Å². The molecular formula is C18H18BrN2O4P. The smallest absolute Gasteiger partial charge is 0.334 e. The number of halogens is 1. The average Bonchev–Trinajstić information content (AvgIpc) is 2.67. The number of aromatic nitrogens is 2. The van der Waals surface area contributed by atoms with Gasteiger partial charge in [0.1, 0.15) is 0 Å². The van der Waals surface area contributed by atoms with Crippen LogP contribution in [0.4, 0.5) is 0 Å². The van der Waals surface area contributed by atoms with Gasteiger partial charge in [-0.25, -0.2) is 4.98 Å². The van der Waals surface area contributed by atoms with Crippen LogP contribution < -0.4 is 4.74 Å². The third kappa shape index (κ3) is 3.96. The third-order valence-corrected chi connectivity index (χ3v) is 6.32. The maximum Gasteiger partial charge on any atom is 0.334 e. The van der Waals surface area contributed by atoms with Crippen LogP contribution in [0, 0.1) is 0 Å². The molecule has 1 aromatic heterocycles. The molecule has 0 bridgehead atoms. The van der Waals surface area contributed by atoms with Crippen LogP contribution in [0.5, 0.6) is 5.88 Å². The van der Waals surface area contributed by atoms with Crippen molar-refractivity contribution in [3.05, 3.63) is 52.5 Å². The fraction of sp³-hybridized carbons (Fsp3) is 0.222. The summed E-state index contributed by atoms with van der Waals surface area (Å²) in [6, 6.07) is 13.2. The van der Waals surface area contributed by atoms with Crippen LogP contribution in [0.3, 0.4) is 0 Å². The summed E-state index contributed by atoms with van der Waals surface area (Å²) in [4.78, 5) is 9.12. The molecule has 0 radical (unpaired) electrons. The number of methoxy groups -OCH3 is 1. The Morgan fingerprint density at radius 3 is 2.31 bits per heavy atom. The van der Waals surface area contributed by atoms with E-state index in [1.54, 1.807) is 7.11 Å². The van der Waals surface area contributed by atoms with Gasteiger partial charge in [0.2, 0.25) is 5.88 Å². The third-order valence-electron chi connectivity index (χ3n) is 3.96. The lowest BCUT2D eigenvalue weighted by Gasteiger charge is -2.13. The molecule has 0 N–H and O–H groups in total. The van der Waals surface area contributed by atoms with Crippen LogP contribution in [-0.4, -0.2) is 31.3 Å². The molecule has 0 aliphatic rings. The summed E-state index contributed by atoms with van der Waals surface area (Å²) in [7, 11) is 1.25. The van der Waals surface area contributed by atoms with E-state index in [1.807, 2.05) is 42.5 Å². The Hall–Kier alpha value is -1.79. The van der Waals surface area contributed by atoms with Crippen LogP contribution in [0.15, 0.2) is 46.9 Å². The first-order valence-corrected chi connectivity index (χ1v) is 10.3. The normalized spacial score (nSPS) is 11.7. The summed E-state index contributed by atoms with van der Waals surface area (Å²) in [6.45, 7) is 0. The predicted octanol–water partition coefficient (Wildman–Crippen LogP) is 5.05. The minimum atomic E-state index is -3.10. The van der Waals surface area contributed by atoms with Gasteiger partial charge >= 0.3 is 7.60 Å². The van der Waals surface area contributed by atoms with Crippen molar-refractivity contribution in [1.82, 2.24) is 9.97 Å². The second kappa shape index (κ2) is 7.84. The lowest BCUT2D eigenvalue weighted by Crippen LogP contribution is -1.97. The molecule has 3 aromatic rings. The fourth-order valence-corrected chi connectivity index (χ4v) is 3.97. The maximum absolute atomic E-state index is 12.2. The van der Waals surface area contributed by atoms with Gasteiger partial charge in [-0.05, 0) is 23.8 Å². The maximum atomic E-state index is 12.2. The number of hydrogen-bond donors (Lipinski definition) is 0. The van der Waals surface area contributed by atoms with E-state index >= 15 is 0 Å². The van der Waals surface area contributed by atoms with Crippen molar-refractivity contribution in [3.63, 3.8) is 0 Å². The zero-order valence-electron chi connectivity index (χ0n) is 14.6. The Morgan fingerprint density at radius 1 is 1.00 bits per heavy atom. The highest BCUT2D eigenvalue weighted by atomic mass is 79.9. The summed E-state index contributed by atoms with van der Waals surface area (Å²) < 4.78 is 28.6. The molecule has 2 aromatic carbocycles. The Balaban J connectivity index is 1.96. The summed E-state index contributed by atoms with van der Waals surface area (Å²) >= 11 is 3.45. The molecule has 3 rings (SSSR count). The fourth-order valence-electron chi connectivity index (χ4n) is 2.54. The number of fused-ring (bicyclic) bond motifs is 1. The predicted molar refractivity (Wildman–Crippen MR) is 105 cm³/mol. The Kier molecular flexibility index (Phi) is 5.73. The van der Waals surface area contributed by atoms with Crippen LogP contribution in [0.2, 0.25) is 0 Å². The van der Waals surface area contributed by atoms with Gasteiger partial charge in [-0.3, -0.25) is 4.57 Å². The summed E-state index contributed by atoms with van der Waals surface area (Å²) in [5, 5.41) is 0.836. The molecule has 0 aliphatic carbocycles. The van der Waals surface area contributed by atoms with Crippen molar-refractivity contribution in [2.75, 3.05) is 21.3 Å². The molecule has 0 saturated heterocycles. The largest absolute Gasteiger partial charge is 0.480 e. The second-order valence-electron chi connectivity index (χ2n) is 5.55. The number of rotatable bonds is 6. The molecule has 0 spiro atoms. The van der Waals surface area contributed by atoms with Crippen molar-refractivity contribution >= 4 is 34.4 Å². The molecule has 26 heavy (non-hydrogen) atoms. The van der Waals surface area contributed by atoms with Crippen molar-refractivity contribution in [1.29, 1.82) is 0 Å². The molecule has 8 heteroatoms. The van der Waals surface area contributed by atoms with E-state index in [9.17, 15) is 4.57 Å². The van der Waals surface area contributed by atoms with Crippen LogP contribution >= 0.6 is 23.5 Å². The molecule has 0 amide bonds. The minimum Gasteiger partial charge on any atom is -0.480 e. The molecule has 0 aliphatic heterocycles. The van der Waals surface area contributed by atoms with E-state index in [1.165, 1.54) is 14.2 Å². The van der Waals surface area contributed by atoms with Crippen molar-refractivity contribution in [2.45, 2.75) is 6.16 Å².